The molecule has 5 aromatic carbocycles. The molecule has 0 spiro atoms. The maximum absolute atomic E-state index is 13.6. The van der Waals surface area contributed by atoms with E-state index in [4.69, 9.17) is 14.7 Å². The van der Waals surface area contributed by atoms with Crippen LogP contribution in [0.25, 0.3) is 32.3 Å². The number of ether oxygens (including phenoxy) is 2. The lowest BCUT2D eigenvalue weighted by Gasteiger charge is -2.39. The van der Waals surface area contributed by atoms with Gasteiger partial charge in [-0.15, -0.1) is 0 Å². The summed E-state index contributed by atoms with van der Waals surface area (Å²) in [6.45, 7) is -4.10. The zero-order valence-corrected chi connectivity index (χ0v) is 30.0. The molecule has 2 fully saturated rings. The Balaban J connectivity index is 0.000000191. The van der Waals surface area contributed by atoms with E-state index in [1.807, 2.05) is 30.3 Å². The number of benzene rings is 5. The van der Waals surface area contributed by atoms with Crippen LogP contribution in [0.3, 0.4) is 0 Å². The molecular formula is C40H42BF6O5P. The van der Waals surface area contributed by atoms with Gasteiger partial charge in [-0.1, -0.05) is 95.0 Å². The molecule has 13 heteroatoms. The average molecular weight is 759 g/mol. The first kappa shape index (κ1) is 39.0. The summed E-state index contributed by atoms with van der Waals surface area (Å²) in [6.07, 6.45) is 2.45. The maximum atomic E-state index is 13.6. The van der Waals surface area contributed by atoms with Crippen molar-refractivity contribution in [2.75, 3.05) is 13.3 Å². The summed E-state index contributed by atoms with van der Waals surface area (Å²) >= 11 is 0. The minimum Gasteiger partial charge on any atom is -0.511 e. The highest BCUT2D eigenvalue weighted by molar-refractivity contribution is 7.67. The minimum absolute atomic E-state index is 0.360. The average Bonchev–Trinajstić information content (AvgIpc) is 3.14. The monoisotopic (exact) mass is 758 g/mol. The lowest BCUT2D eigenvalue weighted by atomic mass is 9.97. The molecule has 2 aliphatic rings. The molecule has 0 unspecified atom stereocenters. The Labute approximate surface area is 306 Å². The molecular weight excluding hydrogens is 716 g/mol. The molecule has 282 valence electrons. The molecule has 0 atom stereocenters. The van der Waals surface area contributed by atoms with E-state index < -0.39 is 52.3 Å². The zero-order valence-electron chi connectivity index (χ0n) is 29.1. The summed E-state index contributed by atoms with van der Waals surface area (Å²) in [5.41, 5.74) is 0.719. The Morgan fingerprint density at radius 1 is 0.604 bits per heavy atom. The molecule has 0 aromatic heterocycles. The van der Waals surface area contributed by atoms with Crippen molar-refractivity contribution in [2.24, 2.45) is 0 Å². The fraction of sp³-hybridized carbons (Fsp3) is 0.400. The molecule has 53 heavy (non-hydrogen) atoms. The van der Waals surface area contributed by atoms with Crippen LogP contribution in [-0.4, -0.2) is 54.3 Å². The first-order valence-electron chi connectivity index (χ1n) is 18.0. The Morgan fingerprint density at radius 2 is 1.11 bits per heavy atom. The molecule has 0 amide bonds. The van der Waals surface area contributed by atoms with Crippen LogP contribution in [0.4, 0.5) is 26.3 Å². The van der Waals surface area contributed by atoms with E-state index in [0.29, 0.717) is 22.4 Å². The van der Waals surface area contributed by atoms with Gasteiger partial charge in [-0.3, -0.25) is 0 Å². The summed E-state index contributed by atoms with van der Waals surface area (Å²) in [5, 5.41) is 25.2. The van der Waals surface area contributed by atoms with E-state index in [2.05, 4.69) is 39.8 Å². The van der Waals surface area contributed by atoms with Crippen molar-refractivity contribution in [3.8, 4) is 17.2 Å². The van der Waals surface area contributed by atoms with Crippen molar-refractivity contribution in [3.05, 3.63) is 84.9 Å². The quantitative estimate of drug-likeness (QED) is 0.0462. The predicted molar refractivity (Wildman–Crippen MR) is 200 cm³/mol. The van der Waals surface area contributed by atoms with Crippen molar-refractivity contribution in [2.45, 2.75) is 87.7 Å². The van der Waals surface area contributed by atoms with Crippen LogP contribution in [0.15, 0.2) is 84.9 Å². The number of rotatable bonds is 11. The highest BCUT2D eigenvalue weighted by Crippen LogP contribution is 2.55. The summed E-state index contributed by atoms with van der Waals surface area (Å²) in [6, 6.07) is 25.8. The topological polar surface area (TPSA) is 68.2 Å². The second-order valence-corrected chi connectivity index (χ2v) is 16.5. The van der Waals surface area contributed by atoms with E-state index in [0.717, 1.165) is 97.2 Å². The SMILES string of the molecule is FCC(F)(F)Oc1cc(OC(F)(F)CF)cc(P(C2CCCCC2)C2CCCCC2)c1.OB(O)Oc1cccc2ccc3cc4ccccc4cc3c12. The molecule has 0 radical (unpaired) electrons. The maximum Gasteiger partial charge on any atom is 0.707 e. The third-order valence-electron chi connectivity index (χ3n) is 9.87. The van der Waals surface area contributed by atoms with Crippen LogP contribution in [0, 0.1) is 0 Å². The second-order valence-electron chi connectivity index (χ2n) is 13.7. The highest BCUT2D eigenvalue weighted by Gasteiger charge is 2.37. The fourth-order valence-corrected chi connectivity index (χ4v) is 11.5. The molecule has 0 heterocycles. The van der Waals surface area contributed by atoms with Crippen LogP contribution in [0.5, 0.6) is 17.2 Å². The standard InChI is InChI=1S/C22H29F6O2P.C18H13BO3/c23-14-21(25,26)29-16-11-17(30-22(27,28)15-24)13-20(12-16)31(18-7-3-1-4-8-18)19-9-5-2-6-10-19;20-19(21)22-17-7-3-6-12-8-9-15-10-13-4-1-2-5-14(13)11-16(15)18(12)17/h11-13,18-19H,1-10,14-15H2;1-11,20-21H. The van der Waals surface area contributed by atoms with Gasteiger partial charge in [0.05, 0.1) is 0 Å². The van der Waals surface area contributed by atoms with Gasteiger partial charge in [-0.25, -0.2) is 8.78 Å². The van der Waals surface area contributed by atoms with Crippen molar-refractivity contribution < 1.29 is 50.5 Å². The molecule has 0 bridgehead atoms. The van der Waals surface area contributed by atoms with E-state index in [9.17, 15) is 26.3 Å². The van der Waals surface area contributed by atoms with Crippen LogP contribution in [0.2, 0.25) is 0 Å². The minimum atomic E-state index is -4.09. The van der Waals surface area contributed by atoms with Gasteiger partial charge < -0.3 is 24.2 Å². The summed E-state index contributed by atoms with van der Waals surface area (Å²) in [4.78, 5) is 0. The Kier molecular flexibility index (Phi) is 12.6. The smallest absolute Gasteiger partial charge is 0.511 e. The number of halogens is 6. The molecule has 5 nitrogen and oxygen atoms in total. The first-order valence-corrected chi connectivity index (χ1v) is 19.5. The molecule has 0 aliphatic heterocycles. The van der Waals surface area contributed by atoms with Crippen molar-refractivity contribution in [1.29, 1.82) is 0 Å². The molecule has 5 aromatic rings. The van der Waals surface area contributed by atoms with E-state index >= 15 is 0 Å². The predicted octanol–water partition coefficient (Wildman–Crippen LogP) is 10.8. The lowest BCUT2D eigenvalue weighted by molar-refractivity contribution is -0.189. The van der Waals surface area contributed by atoms with Crippen LogP contribution in [-0.2, 0) is 0 Å². The normalized spacial score (nSPS) is 16.1. The van der Waals surface area contributed by atoms with Gasteiger partial charge in [0.1, 0.15) is 17.2 Å². The summed E-state index contributed by atoms with van der Waals surface area (Å²) in [5.74, 6) is -0.416. The van der Waals surface area contributed by atoms with Gasteiger partial charge in [-0.2, -0.15) is 17.6 Å². The van der Waals surface area contributed by atoms with Gasteiger partial charge in [0, 0.05) is 11.5 Å². The zero-order chi connectivity index (χ0) is 37.6. The van der Waals surface area contributed by atoms with E-state index in [1.54, 1.807) is 6.07 Å². The third-order valence-corrected chi connectivity index (χ3v) is 13.3. The molecule has 2 N–H and O–H groups in total. The Morgan fingerprint density at radius 3 is 1.64 bits per heavy atom. The van der Waals surface area contributed by atoms with Crippen LogP contribution >= 0.6 is 7.92 Å². The fourth-order valence-electron chi connectivity index (χ4n) is 7.64. The largest absolute Gasteiger partial charge is 0.707 e. The van der Waals surface area contributed by atoms with Crippen LogP contribution in [0.1, 0.15) is 64.2 Å². The van der Waals surface area contributed by atoms with E-state index in [-0.39, 0.29) is 0 Å². The van der Waals surface area contributed by atoms with Crippen LogP contribution < -0.4 is 19.4 Å². The number of fused-ring (bicyclic) bond motifs is 4. The molecule has 2 aliphatic carbocycles. The van der Waals surface area contributed by atoms with Gasteiger partial charge in [0.15, 0.2) is 13.3 Å². The Hall–Kier alpha value is -3.73. The second kappa shape index (κ2) is 17.2. The van der Waals surface area contributed by atoms with Crippen molar-refractivity contribution >= 4 is 52.9 Å². The number of hydrogen-bond acceptors (Lipinski definition) is 5. The summed E-state index contributed by atoms with van der Waals surface area (Å²) < 4.78 is 93.7. The van der Waals surface area contributed by atoms with Gasteiger partial charge in [0.2, 0.25) is 0 Å². The van der Waals surface area contributed by atoms with Gasteiger partial charge >= 0.3 is 19.5 Å². The third kappa shape index (κ3) is 9.88. The molecule has 7 rings (SSSR count). The Bertz CT molecular complexity index is 1930. The molecule has 0 saturated heterocycles. The first-order chi connectivity index (χ1) is 25.4. The van der Waals surface area contributed by atoms with Crippen molar-refractivity contribution in [3.63, 3.8) is 0 Å². The lowest BCUT2D eigenvalue weighted by Crippen LogP contribution is -2.30. The van der Waals surface area contributed by atoms with Crippen molar-refractivity contribution in [1.82, 2.24) is 0 Å². The summed E-state index contributed by atoms with van der Waals surface area (Å²) in [7, 11) is -2.69. The van der Waals surface area contributed by atoms with Gasteiger partial charge in [0.25, 0.3) is 0 Å². The highest BCUT2D eigenvalue weighted by atomic mass is 31.1. The number of alkyl halides is 6. The number of hydrogen-bond donors (Lipinski definition) is 2. The van der Waals surface area contributed by atoms with Gasteiger partial charge in [-0.05, 0) is 99.6 Å². The molecule has 2 saturated carbocycles. The van der Waals surface area contributed by atoms with E-state index in [1.165, 1.54) is 17.5 Å².